The second-order valence-corrected chi connectivity index (χ2v) is 6.91. The highest BCUT2D eigenvalue weighted by atomic mass is 16.6. The number of carbonyl (C=O) groups excluding carboxylic acids is 3. The van der Waals surface area contributed by atoms with Crippen molar-refractivity contribution >= 4 is 23.5 Å². The van der Waals surface area contributed by atoms with Crippen LogP contribution in [-0.2, 0) is 37.1 Å². The summed E-state index contributed by atoms with van der Waals surface area (Å²) >= 11 is 0. The van der Waals surface area contributed by atoms with E-state index >= 15 is 0 Å². The Hall–Kier alpha value is -4.19. The molecule has 0 aliphatic heterocycles. The van der Waals surface area contributed by atoms with E-state index in [-0.39, 0.29) is 13.2 Å². The maximum absolute atomic E-state index is 12.7. The van der Waals surface area contributed by atoms with E-state index in [2.05, 4.69) is 0 Å². The number of hydrogen-bond donors (Lipinski definition) is 0. The van der Waals surface area contributed by atoms with Gasteiger partial charge in [-0.2, -0.15) is 0 Å². The van der Waals surface area contributed by atoms with Crippen LogP contribution in [0, 0.1) is 0 Å². The third-order valence-corrected chi connectivity index (χ3v) is 4.61. The number of likely N-dealkylation sites (N-methyl/N-ethyl adjacent to an activating group) is 1. The topological polar surface area (TPSA) is 72.9 Å². The molecular weight excluding hydrogens is 406 g/mol. The minimum atomic E-state index is -0.929. The summed E-state index contributed by atoms with van der Waals surface area (Å²) in [6.45, 7) is -0.0720. The maximum atomic E-state index is 12.7. The second kappa shape index (κ2) is 11.3. The van der Waals surface area contributed by atoms with Gasteiger partial charge in [-0.05, 0) is 23.3 Å². The van der Waals surface area contributed by atoms with E-state index in [0.717, 1.165) is 17.2 Å². The molecule has 3 aromatic rings. The van der Waals surface area contributed by atoms with Crippen LogP contribution in [0.25, 0.3) is 0 Å². The monoisotopic (exact) mass is 429 g/mol. The summed E-state index contributed by atoms with van der Waals surface area (Å²) in [5, 5.41) is 0. The number of esters is 2. The molecule has 162 valence electrons. The molecule has 0 N–H and O–H groups in total. The van der Waals surface area contributed by atoms with Gasteiger partial charge in [0.1, 0.15) is 18.8 Å². The van der Waals surface area contributed by atoms with Crippen molar-refractivity contribution in [1.29, 1.82) is 0 Å². The van der Waals surface area contributed by atoms with Crippen molar-refractivity contribution in [3.63, 3.8) is 0 Å². The van der Waals surface area contributed by atoms with Gasteiger partial charge in [-0.3, -0.25) is 4.79 Å². The summed E-state index contributed by atoms with van der Waals surface area (Å²) in [4.78, 5) is 39.5. The molecule has 0 fully saturated rings. The molecule has 0 saturated heterocycles. The normalized spacial score (nSPS) is 10.0. The third kappa shape index (κ3) is 6.40. The molecule has 32 heavy (non-hydrogen) atoms. The van der Waals surface area contributed by atoms with Crippen molar-refractivity contribution in [2.75, 3.05) is 11.9 Å². The summed E-state index contributed by atoms with van der Waals surface area (Å²) in [7, 11) is 1.55. The average molecular weight is 429 g/mol. The first kappa shape index (κ1) is 22.5. The van der Waals surface area contributed by atoms with Gasteiger partial charge in [0.25, 0.3) is 5.91 Å². The lowest BCUT2D eigenvalue weighted by atomic mass is 10.2. The molecule has 0 aromatic heterocycles. The number of para-hydroxylation sites is 1. The van der Waals surface area contributed by atoms with Gasteiger partial charge in [0.2, 0.25) is 0 Å². The van der Waals surface area contributed by atoms with Gasteiger partial charge in [-0.25, -0.2) is 9.59 Å². The molecule has 0 bridgehead atoms. The molecule has 0 unspecified atom stereocenters. The summed E-state index contributed by atoms with van der Waals surface area (Å²) in [5.41, 5.74) is 1.66. The first-order valence-corrected chi connectivity index (χ1v) is 10.0. The van der Waals surface area contributed by atoms with Crippen LogP contribution >= 0.6 is 0 Å². The van der Waals surface area contributed by atoms with Gasteiger partial charge >= 0.3 is 11.9 Å². The van der Waals surface area contributed by atoms with Crippen molar-refractivity contribution < 1.29 is 23.9 Å². The molecule has 6 nitrogen and oxygen atoms in total. The fourth-order valence-electron chi connectivity index (χ4n) is 2.80. The van der Waals surface area contributed by atoms with Crippen molar-refractivity contribution in [2.24, 2.45) is 0 Å². The van der Waals surface area contributed by atoms with Crippen LogP contribution in [-0.4, -0.2) is 24.9 Å². The Labute approximate surface area is 186 Å². The minimum Gasteiger partial charge on any atom is -0.457 e. The Bertz CT molecular complexity index is 1020. The molecule has 3 rings (SSSR count). The molecule has 0 saturated carbocycles. The number of rotatable bonds is 8. The molecule has 3 aromatic carbocycles. The summed E-state index contributed by atoms with van der Waals surface area (Å²) in [6, 6.07) is 27.0. The van der Waals surface area contributed by atoms with Crippen LogP contribution in [0.2, 0.25) is 0 Å². The highest BCUT2D eigenvalue weighted by Crippen LogP contribution is 2.14. The van der Waals surface area contributed by atoms with Gasteiger partial charge < -0.3 is 14.4 Å². The Kier molecular flexibility index (Phi) is 7.92. The SMILES string of the molecule is CN(C(=O)C=C(C(=O)OCc1ccccc1)C(=O)OCc1ccccc1)c1ccccc1. The molecule has 0 spiro atoms. The molecule has 1 amide bonds. The number of nitrogens with zero attached hydrogens (tertiary/aromatic N) is 1. The quantitative estimate of drug-likeness (QED) is 0.234. The summed E-state index contributed by atoms with van der Waals surface area (Å²) < 4.78 is 10.5. The zero-order valence-corrected chi connectivity index (χ0v) is 17.6. The van der Waals surface area contributed by atoms with Gasteiger partial charge in [-0.1, -0.05) is 78.9 Å². The Morgan fingerprint density at radius 3 is 1.53 bits per heavy atom. The van der Waals surface area contributed by atoms with Crippen molar-refractivity contribution in [3.8, 4) is 0 Å². The van der Waals surface area contributed by atoms with Crippen LogP contribution in [0.3, 0.4) is 0 Å². The average Bonchev–Trinajstić information content (AvgIpc) is 2.85. The van der Waals surface area contributed by atoms with Gasteiger partial charge in [0, 0.05) is 18.8 Å². The highest BCUT2D eigenvalue weighted by Gasteiger charge is 2.24. The second-order valence-electron chi connectivity index (χ2n) is 6.91. The summed E-state index contributed by atoms with van der Waals surface area (Å²) in [6.07, 6.45) is 0.952. The fraction of sp³-hybridized carbons (Fsp3) is 0.115. The number of benzene rings is 3. The van der Waals surface area contributed by atoms with Crippen molar-refractivity contribution in [1.82, 2.24) is 0 Å². The maximum Gasteiger partial charge on any atom is 0.346 e. The number of amides is 1. The molecule has 0 aliphatic rings. The predicted octanol–water partition coefficient (Wildman–Crippen LogP) is 4.06. The molecule has 6 heteroatoms. The van der Waals surface area contributed by atoms with E-state index in [1.54, 1.807) is 55.6 Å². The van der Waals surface area contributed by atoms with Gasteiger partial charge in [0.05, 0.1) is 0 Å². The third-order valence-electron chi connectivity index (χ3n) is 4.61. The Morgan fingerprint density at radius 1 is 0.688 bits per heavy atom. The largest absolute Gasteiger partial charge is 0.457 e. The Balaban J connectivity index is 1.77. The smallest absolute Gasteiger partial charge is 0.346 e. The van der Waals surface area contributed by atoms with E-state index in [1.165, 1.54) is 4.90 Å². The molecule has 0 atom stereocenters. The number of hydrogen-bond acceptors (Lipinski definition) is 5. The van der Waals surface area contributed by atoms with E-state index < -0.39 is 23.4 Å². The van der Waals surface area contributed by atoms with Crippen LogP contribution in [0.5, 0.6) is 0 Å². The van der Waals surface area contributed by atoms with Crippen LogP contribution < -0.4 is 4.90 Å². The lowest BCUT2D eigenvalue weighted by Gasteiger charge is -2.16. The standard InChI is InChI=1S/C26H23NO5/c1-27(22-15-9-4-10-16-22)24(28)17-23(25(29)31-18-20-11-5-2-6-12-20)26(30)32-19-21-13-7-3-8-14-21/h2-17H,18-19H2,1H3. The lowest BCUT2D eigenvalue weighted by Crippen LogP contribution is -2.27. The van der Waals surface area contributed by atoms with Gasteiger partial charge in [0.15, 0.2) is 0 Å². The van der Waals surface area contributed by atoms with Crippen molar-refractivity contribution in [2.45, 2.75) is 13.2 Å². The highest BCUT2D eigenvalue weighted by molar-refractivity contribution is 6.19. The zero-order valence-electron chi connectivity index (χ0n) is 17.6. The Morgan fingerprint density at radius 2 is 1.09 bits per heavy atom. The number of ether oxygens (including phenoxy) is 2. The van der Waals surface area contributed by atoms with E-state index in [4.69, 9.17) is 9.47 Å². The van der Waals surface area contributed by atoms with E-state index in [9.17, 15) is 14.4 Å². The lowest BCUT2D eigenvalue weighted by molar-refractivity contribution is -0.148. The van der Waals surface area contributed by atoms with E-state index in [1.807, 2.05) is 42.5 Å². The first-order valence-electron chi connectivity index (χ1n) is 10.0. The fourth-order valence-corrected chi connectivity index (χ4v) is 2.80. The van der Waals surface area contributed by atoms with Crippen LogP contribution in [0.15, 0.2) is 103 Å². The number of anilines is 1. The molecule has 0 radical (unpaired) electrons. The van der Waals surface area contributed by atoms with Crippen LogP contribution in [0.1, 0.15) is 11.1 Å². The molecule has 0 aliphatic carbocycles. The van der Waals surface area contributed by atoms with Crippen molar-refractivity contribution in [3.05, 3.63) is 114 Å². The van der Waals surface area contributed by atoms with Crippen LogP contribution in [0.4, 0.5) is 5.69 Å². The number of carbonyl (C=O) groups is 3. The molecule has 0 heterocycles. The zero-order chi connectivity index (χ0) is 22.8. The van der Waals surface area contributed by atoms with Gasteiger partial charge in [-0.15, -0.1) is 0 Å². The molecular formula is C26H23NO5. The summed E-state index contributed by atoms with van der Waals surface area (Å²) in [5.74, 6) is -2.41. The predicted molar refractivity (Wildman–Crippen MR) is 120 cm³/mol. The first-order chi connectivity index (χ1) is 15.5. The minimum absolute atomic E-state index is 0.0360. The van der Waals surface area contributed by atoms with E-state index in [0.29, 0.717) is 5.69 Å².